The van der Waals surface area contributed by atoms with E-state index in [1.165, 1.54) is 6.07 Å². The molecule has 0 spiro atoms. The monoisotopic (exact) mass is 258 g/mol. The molecule has 7 heteroatoms. The largest absolute Gasteiger partial charge is 0.478 e. The molecule has 0 unspecified atom stereocenters. The molecule has 0 aliphatic heterocycles. The summed E-state index contributed by atoms with van der Waals surface area (Å²) in [7, 11) is -3.55. The molecule has 4 N–H and O–H groups in total. The first kappa shape index (κ1) is 13.5. The zero-order chi connectivity index (χ0) is 13.1. The first-order valence-corrected chi connectivity index (χ1v) is 6.60. The van der Waals surface area contributed by atoms with Crippen LogP contribution in [0.4, 0.5) is 5.69 Å². The molecule has 0 aromatic heterocycles. The maximum atomic E-state index is 11.0. The lowest BCUT2D eigenvalue weighted by molar-refractivity contribution is 0.0698. The van der Waals surface area contributed by atoms with Gasteiger partial charge in [0.2, 0.25) is 10.0 Å². The predicted octanol–water partition coefficient (Wildman–Crippen LogP) is 0.394. The van der Waals surface area contributed by atoms with Crippen molar-refractivity contribution in [1.29, 1.82) is 0 Å². The van der Waals surface area contributed by atoms with E-state index in [2.05, 4.69) is 5.32 Å². The van der Waals surface area contributed by atoms with E-state index in [0.717, 1.165) is 5.56 Å². The Labute approximate surface area is 99.5 Å². The van der Waals surface area contributed by atoms with Gasteiger partial charge in [-0.1, -0.05) is 12.1 Å². The number of anilines is 1. The van der Waals surface area contributed by atoms with Gasteiger partial charge in [-0.05, 0) is 18.6 Å². The van der Waals surface area contributed by atoms with Gasteiger partial charge in [0.1, 0.15) is 0 Å². The summed E-state index contributed by atoms with van der Waals surface area (Å²) in [4.78, 5) is 11.0. The van der Waals surface area contributed by atoms with E-state index >= 15 is 0 Å². The highest BCUT2D eigenvalue weighted by atomic mass is 32.2. The minimum atomic E-state index is -3.55. The normalized spacial score (nSPS) is 11.2. The number of carboxylic acid groups (broad SMARTS) is 1. The first-order chi connectivity index (χ1) is 7.81. The summed E-state index contributed by atoms with van der Waals surface area (Å²) in [5.41, 5.74) is 1.27. The summed E-state index contributed by atoms with van der Waals surface area (Å²) in [6.07, 6.45) is 0. The zero-order valence-electron chi connectivity index (χ0n) is 9.30. The zero-order valence-corrected chi connectivity index (χ0v) is 10.1. The molecule has 0 aliphatic carbocycles. The number of hydrogen-bond acceptors (Lipinski definition) is 4. The second-order valence-electron chi connectivity index (χ2n) is 3.60. The molecule has 0 atom stereocenters. The number of hydrogen-bond donors (Lipinski definition) is 3. The van der Waals surface area contributed by atoms with Crippen LogP contribution in [0.1, 0.15) is 15.9 Å². The molecule has 17 heavy (non-hydrogen) atoms. The van der Waals surface area contributed by atoms with Crippen LogP contribution in [0.5, 0.6) is 0 Å². The summed E-state index contributed by atoms with van der Waals surface area (Å²) in [5.74, 6) is -1.31. The van der Waals surface area contributed by atoms with Crippen molar-refractivity contribution in [2.24, 2.45) is 5.14 Å². The van der Waals surface area contributed by atoms with Crippen LogP contribution in [0, 0.1) is 6.92 Å². The van der Waals surface area contributed by atoms with E-state index in [0.29, 0.717) is 5.69 Å². The molecule has 0 saturated carbocycles. The van der Waals surface area contributed by atoms with Gasteiger partial charge in [-0.2, -0.15) is 0 Å². The van der Waals surface area contributed by atoms with Gasteiger partial charge < -0.3 is 10.4 Å². The number of nitrogens with two attached hydrogens (primary N) is 1. The van der Waals surface area contributed by atoms with Crippen molar-refractivity contribution < 1.29 is 18.3 Å². The minimum Gasteiger partial charge on any atom is -0.478 e. The van der Waals surface area contributed by atoms with Crippen molar-refractivity contribution in [3.63, 3.8) is 0 Å². The van der Waals surface area contributed by atoms with Gasteiger partial charge in [-0.25, -0.2) is 18.4 Å². The highest BCUT2D eigenvalue weighted by Crippen LogP contribution is 2.20. The fourth-order valence-electron chi connectivity index (χ4n) is 1.40. The average molecular weight is 258 g/mol. The van der Waals surface area contributed by atoms with Crippen LogP contribution >= 0.6 is 0 Å². The number of benzene rings is 1. The average Bonchev–Trinajstić information content (AvgIpc) is 2.18. The molecule has 0 amide bonds. The topological polar surface area (TPSA) is 109 Å². The number of sulfonamides is 1. The van der Waals surface area contributed by atoms with E-state index in [4.69, 9.17) is 10.2 Å². The van der Waals surface area contributed by atoms with Crippen LogP contribution in [0.25, 0.3) is 0 Å². The van der Waals surface area contributed by atoms with Gasteiger partial charge in [-0.15, -0.1) is 0 Å². The van der Waals surface area contributed by atoms with Crippen molar-refractivity contribution in [3.8, 4) is 0 Å². The third kappa shape index (κ3) is 4.04. The van der Waals surface area contributed by atoms with Crippen LogP contribution < -0.4 is 10.5 Å². The Kier molecular flexibility index (Phi) is 4.08. The third-order valence-electron chi connectivity index (χ3n) is 2.19. The predicted molar refractivity (Wildman–Crippen MR) is 64.6 cm³/mol. The summed E-state index contributed by atoms with van der Waals surface area (Å²) in [6, 6.07) is 4.82. The Hall–Kier alpha value is -1.60. The van der Waals surface area contributed by atoms with E-state index in [9.17, 15) is 13.2 Å². The Morgan fingerprint density at radius 3 is 2.65 bits per heavy atom. The van der Waals surface area contributed by atoms with Crippen LogP contribution in [-0.4, -0.2) is 31.8 Å². The fraction of sp³-hybridized carbons (Fsp3) is 0.300. The lowest BCUT2D eigenvalue weighted by Gasteiger charge is -2.11. The molecule has 0 heterocycles. The number of rotatable bonds is 5. The number of carbonyl (C=O) groups is 1. The van der Waals surface area contributed by atoms with Crippen molar-refractivity contribution in [3.05, 3.63) is 29.3 Å². The van der Waals surface area contributed by atoms with Gasteiger partial charge >= 0.3 is 5.97 Å². The minimum absolute atomic E-state index is 0.0734. The summed E-state index contributed by atoms with van der Waals surface area (Å²) < 4.78 is 21.5. The van der Waals surface area contributed by atoms with E-state index in [-0.39, 0.29) is 17.9 Å². The van der Waals surface area contributed by atoms with Crippen LogP contribution in [0.3, 0.4) is 0 Å². The summed E-state index contributed by atoms with van der Waals surface area (Å²) in [5, 5.41) is 16.6. The van der Waals surface area contributed by atoms with E-state index in [1.54, 1.807) is 19.1 Å². The standard InChI is InChI=1S/C10H14N2O4S/c1-7-3-2-4-8(10(13)14)9(7)12-5-6-17(11,15)16/h2-4,12H,5-6H2,1H3,(H,13,14)(H2,11,15,16). The molecule has 1 aromatic rings. The molecule has 0 fully saturated rings. The maximum Gasteiger partial charge on any atom is 0.337 e. The lowest BCUT2D eigenvalue weighted by Crippen LogP contribution is -2.23. The quantitative estimate of drug-likeness (QED) is 0.708. The van der Waals surface area contributed by atoms with Crippen molar-refractivity contribution in [2.45, 2.75) is 6.92 Å². The van der Waals surface area contributed by atoms with Gasteiger partial charge in [0.05, 0.1) is 17.0 Å². The first-order valence-electron chi connectivity index (χ1n) is 4.88. The Bertz CT molecular complexity index is 525. The Balaban J connectivity index is 2.86. The number of nitrogens with one attached hydrogen (secondary N) is 1. The van der Waals surface area contributed by atoms with Crippen molar-refractivity contribution >= 4 is 21.7 Å². The molecular weight excluding hydrogens is 244 g/mol. The third-order valence-corrected chi connectivity index (χ3v) is 2.96. The smallest absolute Gasteiger partial charge is 0.337 e. The van der Waals surface area contributed by atoms with Gasteiger partial charge in [-0.3, -0.25) is 0 Å². The molecule has 1 aromatic carbocycles. The highest BCUT2D eigenvalue weighted by molar-refractivity contribution is 7.89. The number of aryl methyl sites for hydroxylation is 1. The Morgan fingerprint density at radius 2 is 2.12 bits per heavy atom. The van der Waals surface area contributed by atoms with Crippen LogP contribution in [0.2, 0.25) is 0 Å². The molecule has 0 bridgehead atoms. The number of aromatic carboxylic acids is 1. The lowest BCUT2D eigenvalue weighted by atomic mass is 10.1. The van der Waals surface area contributed by atoms with Crippen molar-refractivity contribution in [2.75, 3.05) is 17.6 Å². The molecule has 0 saturated heterocycles. The SMILES string of the molecule is Cc1cccc(C(=O)O)c1NCCS(N)(=O)=O. The van der Waals surface area contributed by atoms with Crippen LogP contribution in [-0.2, 0) is 10.0 Å². The summed E-state index contributed by atoms with van der Waals surface area (Å²) >= 11 is 0. The molecule has 0 aliphatic rings. The number of para-hydroxylation sites is 1. The van der Waals surface area contributed by atoms with Gasteiger partial charge in [0, 0.05) is 6.54 Å². The number of carboxylic acids is 1. The molecule has 94 valence electrons. The summed E-state index contributed by atoms with van der Waals surface area (Å²) in [6.45, 7) is 1.82. The molecular formula is C10H14N2O4S. The van der Waals surface area contributed by atoms with Gasteiger partial charge in [0.25, 0.3) is 0 Å². The van der Waals surface area contributed by atoms with Crippen LogP contribution in [0.15, 0.2) is 18.2 Å². The fourth-order valence-corrected chi connectivity index (χ4v) is 1.79. The molecule has 1 rings (SSSR count). The Morgan fingerprint density at radius 1 is 1.47 bits per heavy atom. The second-order valence-corrected chi connectivity index (χ2v) is 5.33. The maximum absolute atomic E-state index is 11.0. The highest BCUT2D eigenvalue weighted by Gasteiger charge is 2.12. The molecule has 6 nitrogen and oxygen atoms in total. The van der Waals surface area contributed by atoms with E-state index in [1.807, 2.05) is 0 Å². The van der Waals surface area contributed by atoms with E-state index < -0.39 is 16.0 Å². The van der Waals surface area contributed by atoms with Gasteiger partial charge in [0.15, 0.2) is 0 Å². The molecule has 0 radical (unpaired) electrons. The number of primary sulfonamides is 1. The second kappa shape index (κ2) is 5.15. The van der Waals surface area contributed by atoms with Crippen molar-refractivity contribution in [1.82, 2.24) is 0 Å².